The molecule has 0 aliphatic rings. The van der Waals surface area contributed by atoms with Crippen molar-refractivity contribution in [1.29, 1.82) is 0 Å². The summed E-state index contributed by atoms with van der Waals surface area (Å²) in [4.78, 5) is 36.5. The number of nitrogens with zero attached hydrogens (tertiary/aromatic N) is 2. The third-order valence-electron chi connectivity index (χ3n) is 1.87. The van der Waals surface area contributed by atoms with E-state index in [1.54, 1.807) is 20.8 Å². The van der Waals surface area contributed by atoms with E-state index in [2.05, 4.69) is 4.98 Å². The van der Waals surface area contributed by atoms with Gasteiger partial charge in [0.1, 0.15) is 12.1 Å². The minimum absolute atomic E-state index is 0.567. The maximum atomic E-state index is 13.6. The molecule has 1 aromatic heterocycles. The standard InChI is InChI=1S/C11H14FN3O5/c1-11(2,3)20-10(19)14-8-6(12)4-15(5-7(16)17)9(18)13-8/h4H,5H2,1-3H3,(H,16,17)(H,13,14,18,19). The maximum Gasteiger partial charge on any atom is 0.413 e. The normalized spacial score (nSPS) is 11.0. The van der Waals surface area contributed by atoms with Crippen LogP contribution < -0.4 is 11.0 Å². The van der Waals surface area contributed by atoms with Gasteiger partial charge in [0.25, 0.3) is 0 Å². The number of amides is 1. The molecule has 8 nitrogen and oxygen atoms in total. The SMILES string of the molecule is CC(C)(C)OC(=O)Nc1nc(=O)n(CC(=O)O)cc1F. The predicted molar refractivity (Wildman–Crippen MR) is 65.9 cm³/mol. The van der Waals surface area contributed by atoms with Crippen LogP contribution in [0.15, 0.2) is 11.0 Å². The molecule has 0 unspecified atom stereocenters. The van der Waals surface area contributed by atoms with Gasteiger partial charge in [-0.3, -0.25) is 14.7 Å². The van der Waals surface area contributed by atoms with Crippen molar-refractivity contribution in [3.8, 4) is 0 Å². The topological polar surface area (TPSA) is 111 Å². The predicted octanol–water partition coefficient (Wildman–Crippen LogP) is 0.814. The smallest absolute Gasteiger partial charge is 0.413 e. The van der Waals surface area contributed by atoms with Crippen LogP contribution in [-0.2, 0) is 16.1 Å². The second kappa shape index (κ2) is 5.68. The zero-order chi connectivity index (χ0) is 15.5. The summed E-state index contributed by atoms with van der Waals surface area (Å²) in [5.74, 6) is -2.98. The summed E-state index contributed by atoms with van der Waals surface area (Å²) in [6, 6.07) is 0. The average Bonchev–Trinajstić information content (AvgIpc) is 2.21. The van der Waals surface area contributed by atoms with Crippen molar-refractivity contribution in [1.82, 2.24) is 9.55 Å². The molecular weight excluding hydrogens is 273 g/mol. The maximum absolute atomic E-state index is 13.6. The van der Waals surface area contributed by atoms with Crippen LogP contribution in [0.4, 0.5) is 15.0 Å². The van der Waals surface area contributed by atoms with Crippen LogP contribution >= 0.6 is 0 Å². The molecule has 0 bridgehead atoms. The van der Waals surface area contributed by atoms with E-state index in [0.29, 0.717) is 10.8 Å². The summed E-state index contributed by atoms with van der Waals surface area (Å²) in [5, 5.41) is 10.5. The summed E-state index contributed by atoms with van der Waals surface area (Å²) in [6.45, 7) is 4.11. The molecule has 1 heterocycles. The number of carbonyl (C=O) groups excluding carboxylic acids is 1. The highest BCUT2D eigenvalue weighted by atomic mass is 19.1. The van der Waals surface area contributed by atoms with Crippen molar-refractivity contribution in [2.45, 2.75) is 32.9 Å². The van der Waals surface area contributed by atoms with E-state index in [0.717, 1.165) is 0 Å². The van der Waals surface area contributed by atoms with Gasteiger partial charge in [-0.25, -0.2) is 14.0 Å². The number of aromatic nitrogens is 2. The molecule has 2 N–H and O–H groups in total. The molecule has 0 spiro atoms. The number of carbonyl (C=O) groups is 2. The number of carboxylic acid groups (broad SMARTS) is 1. The van der Waals surface area contributed by atoms with Crippen molar-refractivity contribution >= 4 is 17.9 Å². The monoisotopic (exact) mass is 287 g/mol. The Morgan fingerprint density at radius 3 is 2.60 bits per heavy atom. The van der Waals surface area contributed by atoms with Crippen molar-refractivity contribution in [3.05, 3.63) is 22.5 Å². The zero-order valence-electron chi connectivity index (χ0n) is 11.1. The Hall–Kier alpha value is -2.45. The third kappa shape index (κ3) is 4.67. The average molecular weight is 287 g/mol. The van der Waals surface area contributed by atoms with Gasteiger partial charge in [-0.05, 0) is 20.8 Å². The lowest BCUT2D eigenvalue weighted by Crippen LogP contribution is -2.31. The molecule has 0 atom stereocenters. The highest BCUT2D eigenvalue weighted by Gasteiger charge is 2.19. The number of ether oxygens (including phenoxy) is 1. The van der Waals surface area contributed by atoms with E-state index in [1.165, 1.54) is 0 Å². The van der Waals surface area contributed by atoms with E-state index in [4.69, 9.17) is 9.84 Å². The lowest BCUT2D eigenvalue weighted by Gasteiger charge is -2.19. The number of rotatable bonds is 3. The van der Waals surface area contributed by atoms with Gasteiger partial charge < -0.3 is 9.84 Å². The van der Waals surface area contributed by atoms with E-state index in [1.807, 2.05) is 5.32 Å². The first-order valence-corrected chi connectivity index (χ1v) is 5.57. The van der Waals surface area contributed by atoms with Crippen LogP contribution in [0, 0.1) is 5.82 Å². The molecule has 1 rings (SSSR count). The Morgan fingerprint density at radius 1 is 1.50 bits per heavy atom. The van der Waals surface area contributed by atoms with E-state index in [9.17, 15) is 18.8 Å². The van der Waals surface area contributed by atoms with Gasteiger partial charge in [-0.2, -0.15) is 4.98 Å². The van der Waals surface area contributed by atoms with Crippen LogP contribution in [0.25, 0.3) is 0 Å². The molecule has 0 saturated heterocycles. The van der Waals surface area contributed by atoms with Crippen molar-refractivity contribution in [2.24, 2.45) is 0 Å². The lowest BCUT2D eigenvalue weighted by atomic mass is 10.2. The molecule has 0 aliphatic heterocycles. The molecule has 0 aliphatic carbocycles. The summed E-state index contributed by atoms with van der Waals surface area (Å²) in [6.07, 6.45) is -0.324. The number of nitrogens with one attached hydrogen (secondary N) is 1. The fourth-order valence-corrected chi connectivity index (χ4v) is 1.21. The van der Waals surface area contributed by atoms with Gasteiger partial charge in [0.2, 0.25) is 0 Å². The van der Waals surface area contributed by atoms with Crippen molar-refractivity contribution in [2.75, 3.05) is 5.32 Å². The molecule has 1 amide bonds. The minimum atomic E-state index is -1.32. The lowest BCUT2D eigenvalue weighted by molar-refractivity contribution is -0.137. The van der Waals surface area contributed by atoms with Crippen LogP contribution in [-0.4, -0.2) is 32.3 Å². The van der Waals surface area contributed by atoms with Crippen molar-refractivity contribution in [3.63, 3.8) is 0 Å². The Labute approximate surface area is 113 Å². The molecule has 0 fully saturated rings. The second-order valence-corrected chi connectivity index (χ2v) is 4.87. The molecular formula is C11H14FN3O5. The second-order valence-electron chi connectivity index (χ2n) is 4.87. The molecule has 0 aromatic carbocycles. The Balaban J connectivity index is 2.93. The number of anilines is 1. The number of hydrogen-bond donors (Lipinski definition) is 2. The van der Waals surface area contributed by atoms with Crippen molar-refractivity contribution < 1.29 is 23.8 Å². The molecule has 0 saturated carbocycles. The highest BCUT2D eigenvalue weighted by molar-refractivity contribution is 5.83. The van der Waals surface area contributed by atoms with E-state index < -0.39 is 41.5 Å². The van der Waals surface area contributed by atoms with Gasteiger partial charge >= 0.3 is 17.8 Å². The first-order valence-electron chi connectivity index (χ1n) is 5.57. The Bertz CT molecular complexity index is 591. The Kier molecular flexibility index (Phi) is 4.43. The summed E-state index contributed by atoms with van der Waals surface area (Å²) in [5.41, 5.74) is -1.79. The number of carboxylic acids is 1. The van der Waals surface area contributed by atoms with Gasteiger partial charge in [-0.1, -0.05) is 0 Å². The van der Waals surface area contributed by atoms with Crippen LogP contribution in [0.2, 0.25) is 0 Å². The summed E-state index contributed by atoms with van der Waals surface area (Å²) in [7, 11) is 0. The molecule has 110 valence electrons. The Morgan fingerprint density at radius 2 is 2.10 bits per heavy atom. The van der Waals surface area contributed by atoms with Gasteiger partial charge in [0.15, 0.2) is 11.6 Å². The summed E-state index contributed by atoms with van der Waals surface area (Å²) >= 11 is 0. The third-order valence-corrected chi connectivity index (χ3v) is 1.87. The quantitative estimate of drug-likeness (QED) is 0.851. The van der Waals surface area contributed by atoms with Crippen LogP contribution in [0.3, 0.4) is 0 Å². The molecule has 9 heteroatoms. The van der Waals surface area contributed by atoms with Crippen LogP contribution in [0.5, 0.6) is 0 Å². The number of hydrogen-bond acceptors (Lipinski definition) is 5. The highest BCUT2D eigenvalue weighted by Crippen LogP contribution is 2.11. The van der Waals surface area contributed by atoms with Gasteiger partial charge in [-0.15, -0.1) is 0 Å². The number of aliphatic carboxylic acids is 1. The van der Waals surface area contributed by atoms with E-state index in [-0.39, 0.29) is 0 Å². The number of halogens is 1. The van der Waals surface area contributed by atoms with Crippen LogP contribution in [0.1, 0.15) is 20.8 Å². The van der Waals surface area contributed by atoms with Gasteiger partial charge in [0, 0.05) is 6.20 Å². The van der Waals surface area contributed by atoms with E-state index >= 15 is 0 Å². The molecule has 20 heavy (non-hydrogen) atoms. The molecule has 1 aromatic rings. The van der Waals surface area contributed by atoms with Gasteiger partial charge in [0.05, 0.1) is 0 Å². The minimum Gasteiger partial charge on any atom is -0.480 e. The largest absolute Gasteiger partial charge is 0.480 e. The zero-order valence-corrected chi connectivity index (χ0v) is 11.1. The fourth-order valence-electron chi connectivity index (χ4n) is 1.21. The fraction of sp³-hybridized carbons (Fsp3) is 0.455. The molecule has 0 radical (unpaired) electrons. The first kappa shape index (κ1) is 15.6. The first-order chi connectivity index (χ1) is 9.08. The summed E-state index contributed by atoms with van der Waals surface area (Å²) < 4.78 is 19.0.